The standard InChI is InChI=1S/C22H26F2N6O/c1-14(2)17(12-30(5)6)18-9-10-20(28-27-18)31-13-15(3)21(29-25-4)19-8-7-16(11-26-19)22(23)24/h7-12,22H,1,13H2,2-6H3/b17-12+,21-15+,29-25-. The van der Waals surface area contributed by atoms with E-state index in [1.807, 2.05) is 38.2 Å². The highest BCUT2D eigenvalue weighted by atomic mass is 19.3. The van der Waals surface area contributed by atoms with Crippen molar-refractivity contribution in [2.75, 3.05) is 27.7 Å². The third-order valence-electron chi connectivity index (χ3n) is 4.08. The Labute approximate surface area is 180 Å². The lowest BCUT2D eigenvalue weighted by atomic mass is 10.1. The summed E-state index contributed by atoms with van der Waals surface area (Å²) in [6, 6.07) is 6.33. The van der Waals surface area contributed by atoms with Gasteiger partial charge in [-0.1, -0.05) is 6.58 Å². The van der Waals surface area contributed by atoms with Crippen LogP contribution in [0.5, 0.6) is 5.88 Å². The van der Waals surface area contributed by atoms with Gasteiger partial charge in [0.15, 0.2) is 0 Å². The van der Waals surface area contributed by atoms with E-state index in [1.165, 1.54) is 19.2 Å². The molecule has 2 aromatic rings. The Hall–Kier alpha value is -3.49. The number of aromatic nitrogens is 3. The Bertz CT molecular complexity index is 980. The molecule has 2 heterocycles. The summed E-state index contributed by atoms with van der Waals surface area (Å²) >= 11 is 0. The third kappa shape index (κ3) is 6.77. The van der Waals surface area contributed by atoms with Crippen LogP contribution >= 0.6 is 0 Å². The quantitative estimate of drug-likeness (QED) is 0.406. The Balaban J connectivity index is 2.19. The van der Waals surface area contributed by atoms with E-state index >= 15 is 0 Å². The van der Waals surface area contributed by atoms with Crippen LogP contribution < -0.4 is 4.74 Å². The summed E-state index contributed by atoms with van der Waals surface area (Å²) in [5, 5.41) is 16.2. The van der Waals surface area contributed by atoms with Gasteiger partial charge in [0.05, 0.1) is 11.4 Å². The van der Waals surface area contributed by atoms with Crippen LogP contribution in [0.15, 0.2) is 64.6 Å². The van der Waals surface area contributed by atoms with E-state index in [1.54, 1.807) is 13.0 Å². The Kier molecular flexibility index (Phi) is 8.48. The van der Waals surface area contributed by atoms with Crippen LogP contribution in [0.25, 0.3) is 11.3 Å². The SMILES string of the molecule is C=C(C)/C(=C\N(C)C)c1ccc(OC/C(C)=C(/N=N\C)c2ccc(C(F)F)cn2)nn1. The van der Waals surface area contributed by atoms with Gasteiger partial charge in [-0.25, -0.2) is 8.78 Å². The number of alkyl halides is 2. The normalized spacial score (nSPS) is 12.8. The van der Waals surface area contributed by atoms with E-state index in [4.69, 9.17) is 4.74 Å². The fourth-order valence-corrected chi connectivity index (χ4v) is 2.57. The topological polar surface area (TPSA) is 75.9 Å². The minimum atomic E-state index is -2.58. The zero-order valence-corrected chi connectivity index (χ0v) is 18.3. The van der Waals surface area contributed by atoms with E-state index < -0.39 is 6.43 Å². The van der Waals surface area contributed by atoms with Crippen molar-refractivity contribution in [1.29, 1.82) is 0 Å². The van der Waals surface area contributed by atoms with Gasteiger partial charge in [0.25, 0.3) is 6.43 Å². The average Bonchev–Trinajstić information content (AvgIpc) is 2.74. The van der Waals surface area contributed by atoms with Gasteiger partial charge in [-0.2, -0.15) is 10.2 Å². The zero-order valence-electron chi connectivity index (χ0n) is 18.3. The fourth-order valence-electron chi connectivity index (χ4n) is 2.57. The first-order valence-corrected chi connectivity index (χ1v) is 9.48. The highest BCUT2D eigenvalue weighted by Crippen LogP contribution is 2.24. The van der Waals surface area contributed by atoms with Crippen molar-refractivity contribution in [2.45, 2.75) is 20.3 Å². The maximum atomic E-state index is 12.8. The van der Waals surface area contributed by atoms with Gasteiger partial charge in [0.1, 0.15) is 12.3 Å². The van der Waals surface area contributed by atoms with Crippen LogP contribution in [0.4, 0.5) is 8.78 Å². The molecule has 0 aliphatic carbocycles. The van der Waals surface area contributed by atoms with E-state index in [0.717, 1.165) is 17.3 Å². The molecule has 0 amide bonds. The van der Waals surface area contributed by atoms with Gasteiger partial charge in [0.2, 0.25) is 5.88 Å². The Morgan fingerprint density at radius 2 is 1.87 bits per heavy atom. The lowest BCUT2D eigenvalue weighted by Crippen LogP contribution is -2.06. The number of allylic oxidation sites excluding steroid dienone is 2. The van der Waals surface area contributed by atoms with E-state index in [9.17, 15) is 8.78 Å². The number of pyridine rings is 1. The molecule has 7 nitrogen and oxygen atoms in total. The second-order valence-electron chi connectivity index (χ2n) is 7.04. The van der Waals surface area contributed by atoms with Crippen LogP contribution in [0, 0.1) is 0 Å². The molecule has 9 heteroatoms. The molecule has 2 rings (SSSR count). The van der Waals surface area contributed by atoms with Gasteiger partial charge in [-0.3, -0.25) is 4.98 Å². The van der Waals surface area contributed by atoms with Crippen molar-refractivity contribution in [3.63, 3.8) is 0 Å². The first kappa shape index (κ1) is 23.8. The molecule has 0 spiro atoms. The molecule has 0 atom stereocenters. The molecule has 0 aliphatic heterocycles. The Morgan fingerprint density at radius 1 is 1.16 bits per heavy atom. The van der Waals surface area contributed by atoms with Gasteiger partial charge in [-0.15, -0.1) is 10.2 Å². The summed E-state index contributed by atoms with van der Waals surface area (Å²) in [6.45, 7) is 7.84. The van der Waals surface area contributed by atoms with Crippen molar-refractivity contribution in [2.24, 2.45) is 10.2 Å². The number of azo groups is 1. The first-order chi connectivity index (χ1) is 14.7. The van der Waals surface area contributed by atoms with Gasteiger partial charge in [0, 0.05) is 50.7 Å². The number of ether oxygens (including phenoxy) is 1. The number of rotatable bonds is 9. The summed E-state index contributed by atoms with van der Waals surface area (Å²) in [4.78, 5) is 5.99. The Morgan fingerprint density at radius 3 is 2.35 bits per heavy atom. The summed E-state index contributed by atoms with van der Waals surface area (Å²) in [6.07, 6.45) is 0.476. The van der Waals surface area contributed by atoms with Crippen molar-refractivity contribution in [1.82, 2.24) is 20.1 Å². The number of nitrogens with zero attached hydrogens (tertiary/aromatic N) is 6. The van der Waals surface area contributed by atoms with Crippen LogP contribution in [0.3, 0.4) is 0 Å². The molecule has 0 aliphatic rings. The predicted molar refractivity (Wildman–Crippen MR) is 117 cm³/mol. The number of halogens is 2. The first-order valence-electron chi connectivity index (χ1n) is 9.48. The highest BCUT2D eigenvalue weighted by Gasteiger charge is 2.12. The molecular weight excluding hydrogens is 402 g/mol. The summed E-state index contributed by atoms with van der Waals surface area (Å²) in [7, 11) is 5.36. The molecule has 0 saturated heterocycles. The lowest BCUT2D eigenvalue weighted by molar-refractivity contribution is 0.151. The van der Waals surface area contributed by atoms with Crippen LogP contribution in [-0.2, 0) is 0 Å². The lowest BCUT2D eigenvalue weighted by Gasteiger charge is -2.12. The summed E-state index contributed by atoms with van der Waals surface area (Å²) in [5.74, 6) is 0.336. The van der Waals surface area contributed by atoms with Crippen LogP contribution in [0.2, 0.25) is 0 Å². The monoisotopic (exact) mass is 428 g/mol. The second-order valence-corrected chi connectivity index (χ2v) is 7.04. The largest absolute Gasteiger partial charge is 0.472 e. The minimum Gasteiger partial charge on any atom is -0.472 e. The third-order valence-corrected chi connectivity index (χ3v) is 4.08. The van der Waals surface area contributed by atoms with E-state index in [0.29, 0.717) is 28.5 Å². The van der Waals surface area contributed by atoms with Crippen LogP contribution in [0.1, 0.15) is 37.2 Å². The van der Waals surface area contributed by atoms with E-state index in [2.05, 4.69) is 32.0 Å². The highest BCUT2D eigenvalue weighted by molar-refractivity contribution is 5.75. The van der Waals surface area contributed by atoms with Crippen molar-refractivity contribution >= 4 is 11.3 Å². The molecule has 0 saturated carbocycles. The maximum Gasteiger partial charge on any atom is 0.265 e. The second kappa shape index (κ2) is 11.1. The molecule has 0 N–H and O–H groups in total. The van der Waals surface area contributed by atoms with Gasteiger partial charge >= 0.3 is 0 Å². The molecule has 0 radical (unpaired) electrons. The summed E-state index contributed by atoms with van der Waals surface area (Å²) in [5.41, 5.74) is 3.87. The van der Waals surface area contributed by atoms with Crippen LogP contribution in [-0.4, -0.2) is 47.8 Å². The van der Waals surface area contributed by atoms with Crippen molar-refractivity contribution in [3.8, 4) is 5.88 Å². The number of hydrogen-bond acceptors (Lipinski definition) is 7. The summed E-state index contributed by atoms with van der Waals surface area (Å²) < 4.78 is 31.2. The number of hydrogen-bond donors (Lipinski definition) is 0. The maximum absolute atomic E-state index is 12.8. The molecule has 0 bridgehead atoms. The molecule has 31 heavy (non-hydrogen) atoms. The molecule has 0 fully saturated rings. The fraction of sp³-hybridized carbons (Fsp3) is 0.318. The molecule has 0 unspecified atom stereocenters. The van der Waals surface area contributed by atoms with E-state index in [-0.39, 0.29) is 12.2 Å². The van der Waals surface area contributed by atoms with Gasteiger partial charge < -0.3 is 9.64 Å². The zero-order chi connectivity index (χ0) is 23.0. The average molecular weight is 428 g/mol. The molecule has 0 aromatic carbocycles. The molecule has 2 aromatic heterocycles. The smallest absolute Gasteiger partial charge is 0.265 e. The van der Waals surface area contributed by atoms with Crippen molar-refractivity contribution < 1.29 is 13.5 Å². The molecular formula is C22H26F2N6O. The van der Waals surface area contributed by atoms with Gasteiger partial charge in [-0.05, 0) is 43.2 Å². The van der Waals surface area contributed by atoms with Crippen molar-refractivity contribution in [3.05, 3.63) is 71.3 Å². The predicted octanol–water partition coefficient (Wildman–Crippen LogP) is 5.18. The minimum absolute atomic E-state index is 0.154. The molecule has 164 valence electrons.